The van der Waals surface area contributed by atoms with E-state index in [4.69, 9.17) is 5.73 Å². The summed E-state index contributed by atoms with van der Waals surface area (Å²) in [4.78, 5) is 26.9. The molecule has 3 amide bonds. The van der Waals surface area contributed by atoms with Crippen LogP contribution in [0.3, 0.4) is 0 Å². The molecule has 0 aromatic carbocycles. The van der Waals surface area contributed by atoms with Gasteiger partial charge in [-0.3, -0.25) is 4.79 Å². The molecule has 6 heteroatoms. The summed E-state index contributed by atoms with van der Waals surface area (Å²) in [5, 5.41) is 0. The summed E-state index contributed by atoms with van der Waals surface area (Å²) in [5.41, 5.74) is 5.27. The molecule has 0 aromatic rings. The van der Waals surface area contributed by atoms with Gasteiger partial charge in [-0.1, -0.05) is 0 Å². The molecule has 2 saturated heterocycles. The molecule has 2 aliphatic rings. The SMILES string of the molecule is NC(=O)N1CCC[C@H](C(=O)N2CCSCC2)C1. The molecule has 2 fully saturated rings. The van der Waals surface area contributed by atoms with E-state index in [0.29, 0.717) is 13.1 Å². The summed E-state index contributed by atoms with van der Waals surface area (Å²) in [6.45, 7) is 2.87. The van der Waals surface area contributed by atoms with Crippen molar-refractivity contribution in [1.82, 2.24) is 9.80 Å². The molecule has 0 unspecified atom stereocenters. The number of piperidine rings is 1. The molecular weight excluding hydrogens is 238 g/mol. The lowest BCUT2D eigenvalue weighted by molar-refractivity contribution is -0.136. The van der Waals surface area contributed by atoms with Crippen molar-refractivity contribution >= 4 is 23.7 Å². The summed E-state index contributed by atoms with van der Waals surface area (Å²) in [6.07, 6.45) is 1.76. The van der Waals surface area contributed by atoms with E-state index in [0.717, 1.165) is 37.4 Å². The molecule has 0 spiro atoms. The minimum Gasteiger partial charge on any atom is -0.351 e. The predicted molar refractivity (Wildman–Crippen MR) is 67.8 cm³/mol. The highest BCUT2D eigenvalue weighted by Gasteiger charge is 2.30. The predicted octanol–water partition coefficient (Wildman–Crippen LogP) is 0.352. The lowest BCUT2D eigenvalue weighted by Crippen LogP contribution is -2.49. The Morgan fingerprint density at radius 3 is 2.47 bits per heavy atom. The molecule has 2 aliphatic heterocycles. The minimum atomic E-state index is -0.406. The number of carbonyl (C=O) groups is 2. The first kappa shape index (κ1) is 12.5. The summed E-state index contributed by atoms with van der Waals surface area (Å²) < 4.78 is 0. The van der Waals surface area contributed by atoms with Crippen molar-refractivity contribution in [3.05, 3.63) is 0 Å². The molecule has 0 bridgehead atoms. The average molecular weight is 257 g/mol. The number of rotatable bonds is 1. The van der Waals surface area contributed by atoms with Gasteiger partial charge in [-0.15, -0.1) is 0 Å². The van der Waals surface area contributed by atoms with Crippen molar-refractivity contribution in [1.29, 1.82) is 0 Å². The normalized spacial score (nSPS) is 25.8. The molecule has 0 saturated carbocycles. The van der Waals surface area contributed by atoms with Gasteiger partial charge in [0, 0.05) is 37.7 Å². The number of carbonyl (C=O) groups excluding carboxylic acids is 2. The molecule has 0 aliphatic carbocycles. The second-order valence-electron chi connectivity index (χ2n) is 4.56. The second-order valence-corrected chi connectivity index (χ2v) is 5.79. The molecule has 0 aromatic heterocycles. The van der Waals surface area contributed by atoms with Gasteiger partial charge in [0.05, 0.1) is 5.92 Å². The van der Waals surface area contributed by atoms with E-state index in [1.165, 1.54) is 0 Å². The number of hydrogen-bond acceptors (Lipinski definition) is 3. The van der Waals surface area contributed by atoms with E-state index < -0.39 is 6.03 Å². The number of urea groups is 1. The first-order valence-electron chi connectivity index (χ1n) is 6.09. The van der Waals surface area contributed by atoms with Gasteiger partial charge in [0.2, 0.25) is 5.91 Å². The Balaban J connectivity index is 1.91. The van der Waals surface area contributed by atoms with Crippen LogP contribution in [0.4, 0.5) is 4.79 Å². The number of likely N-dealkylation sites (tertiary alicyclic amines) is 1. The fourth-order valence-electron chi connectivity index (χ4n) is 2.42. The van der Waals surface area contributed by atoms with Crippen LogP contribution in [-0.4, -0.2) is 59.4 Å². The monoisotopic (exact) mass is 257 g/mol. The van der Waals surface area contributed by atoms with E-state index in [9.17, 15) is 9.59 Å². The Labute approximate surface area is 106 Å². The average Bonchev–Trinajstić information content (AvgIpc) is 2.39. The lowest BCUT2D eigenvalue weighted by Gasteiger charge is -2.35. The highest BCUT2D eigenvalue weighted by atomic mass is 32.2. The molecule has 17 heavy (non-hydrogen) atoms. The van der Waals surface area contributed by atoms with Crippen LogP contribution in [0.5, 0.6) is 0 Å². The Hall–Kier alpha value is -0.910. The zero-order valence-corrected chi connectivity index (χ0v) is 10.7. The Morgan fingerprint density at radius 2 is 1.82 bits per heavy atom. The van der Waals surface area contributed by atoms with Crippen LogP contribution in [0.2, 0.25) is 0 Å². The maximum Gasteiger partial charge on any atom is 0.314 e. The van der Waals surface area contributed by atoms with Gasteiger partial charge >= 0.3 is 6.03 Å². The third kappa shape index (κ3) is 3.06. The largest absolute Gasteiger partial charge is 0.351 e. The second kappa shape index (κ2) is 5.62. The molecule has 2 heterocycles. The van der Waals surface area contributed by atoms with Gasteiger partial charge in [0.1, 0.15) is 0 Å². The Kier molecular flexibility index (Phi) is 4.15. The standard InChI is InChI=1S/C11H19N3O2S/c12-11(16)14-3-1-2-9(8-14)10(15)13-4-6-17-7-5-13/h9H,1-8H2,(H2,12,16)/t9-/m0/s1. The van der Waals surface area contributed by atoms with Crippen LogP contribution in [0.1, 0.15) is 12.8 Å². The maximum absolute atomic E-state index is 12.3. The van der Waals surface area contributed by atoms with Crippen LogP contribution < -0.4 is 5.73 Å². The van der Waals surface area contributed by atoms with Gasteiger partial charge in [0.15, 0.2) is 0 Å². The molecular formula is C11H19N3O2S. The Morgan fingerprint density at radius 1 is 1.12 bits per heavy atom. The van der Waals surface area contributed by atoms with Crippen molar-refractivity contribution in [3.8, 4) is 0 Å². The minimum absolute atomic E-state index is 0.0423. The molecule has 5 nitrogen and oxygen atoms in total. The fourth-order valence-corrected chi connectivity index (χ4v) is 3.32. The van der Waals surface area contributed by atoms with Crippen molar-refractivity contribution in [2.75, 3.05) is 37.7 Å². The quantitative estimate of drug-likeness (QED) is 0.737. The van der Waals surface area contributed by atoms with Gasteiger partial charge in [-0.2, -0.15) is 11.8 Å². The smallest absolute Gasteiger partial charge is 0.314 e. The number of nitrogens with two attached hydrogens (primary N) is 1. The van der Waals surface area contributed by atoms with Crippen LogP contribution in [0, 0.1) is 5.92 Å². The number of nitrogens with zero attached hydrogens (tertiary/aromatic N) is 2. The number of thioether (sulfide) groups is 1. The fraction of sp³-hybridized carbons (Fsp3) is 0.818. The molecule has 2 rings (SSSR count). The van der Waals surface area contributed by atoms with Gasteiger partial charge in [-0.25, -0.2) is 4.79 Å². The van der Waals surface area contributed by atoms with E-state index in [2.05, 4.69) is 0 Å². The van der Waals surface area contributed by atoms with E-state index >= 15 is 0 Å². The van der Waals surface area contributed by atoms with E-state index in [1.807, 2.05) is 16.7 Å². The van der Waals surface area contributed by atoms with Crippen molar-refractivity contribution in [3.63, 3.8) is 0 Å². The van der Waals surface area contributed by atoms with Crippen LogP contribution >= 0.6 is 11.8 Å². The van der Waals surface area contributed by atoms with Crippen molar-refractivity contribution < 1.29 is 9.59 Å². The number of hydrogen-bond donors (Lipinski definition) is 1. The highest BCUT2D eigenvalue weighted by Crippen LogP contribution is 2.20. The lowest BCUT2D eigenvalue weighted by atomic mass is 9.96. The molecule has 96 valence electrons. The van der Waals surface area contributed by atoms with Crippen molar-refractivity contribution in [2.24, 2.45) is 11.7 Å². The van der Waals surface area contributed by atoms with Crippen LogP contribution in [-0.2, 0) is 4.79 Å². The number of primary amides is 1. The first-order chi connectivity index (χ1) is 8.18. The summed E-state index contributed by atoms with van der Waals surface area (Å²) in [5.74, 6) is 2.21. The first-order valence-corrected chi connectivity index (χ1v) is 7.25. The zero-order chi connectivity index (χ0) is 12.3. The van der Waals surface area contributed by atoms with Crippen LogP contribution in [0.15, 0.2) is 0 Å². The van der Waals surface area contributed by atoms with Crippen molar-refractivity contribution in [2.45, 2.75) is 12.8 Å². The third-order valence-corrected chi connectivity index (χ3v) is 4.35. The summed E-state index contributed by atoms with van der Waals surface area (Å²) >= 11 is 1.89. The van der Waals surface area contributed by atoms with E-state index in [-0.39, 0.29) is 11.8 Å². The summed E-state index contributed by atoms with van der Waals surface area (Å²) in [6, 6.07) is -0.406. The maximum atomic E-state index is 12.3. The van der Waals surface area contributed by atoms with Gasteiger partial charge in [0.25, 0.3) is 0 Å². The van der Waals surface area contributed by atoms with E-state index in [1.54, 1.807) is 4.90 Å². The number of amides is 3. The summed E-state index contributed by atoms with van der Waals surface area (Å²) in [7, 11) is 0. The zero-order valence-electron chi connectivity index (χ0n) is 9.93. The molecule has 1 atom stereocenters. The van der Waals surface area contributed by atoms with Gasteiger partial charge in [-0.05, 0) is 12.8 Å². The Bertz CT molecular complexity index is 305. The highest BCUT2D eigenvalue weighted by molar-refractivity contribution is 7.99. The third-order valence-electron chi connectivity index (χ3n) is 3.41. The molecule has 2 N–H and O–H groups in total. The van der Waals surface area contributed by atoms with Gasteiger partial charge < -0.3 is 15.5 Å². The topological polar surface area (TPSA) is 66.6 Å². The molecule has 0 radical (unpaired) electrons. The van der Waals surface area contributed by atoms with Crippen LogP contribution in [0.25, 0.3) is 0 Å².